The van der Waals surface area contributed by atoms with E-state index in [1.54, 1.807) is 23.9 Å². The Hall–Kier alpha value is -3.94. The normalized spacial score (nSPS) is 17.0. The second kappa shape index (κ2) is 10.6. The lowest BCUT2D eigenvalue weighted by atomic mass is 9.98. The number of nitrogens with zero attached hydrogens (tertiary/aromatic N) is 6. The number of benzene rings is 1. The Bertz CT molecular complexity index is 1360. The van der Waals surface area contributed by atoms with Gasteiger partial charge in [0.1, 0.15) is 11.6 Å². The number of nitrogens with two attached hydrogens (primary N) is 1. The van der Waals surface area contributed by atoms with E-state index in [0.29, 0.717) is 17.5 Å². The summed E-state index contributed by atoms with van der Waals surface area (Å²) in [7, 11) is 0. The highest BCUT2D eigenvalue weighted by Gasteiger charge is 2.31. The summed E-state index contributed by atoms with van der Waals surface area (Å²) in [5.41, 5.74) is 11.9. The van der Waals surface area contributed by atoms with Gasteiger partial charge in [-0.25, -0.2) is 4.98 Å². The first-order valence-electron chi connectivity index (χ1n) is 13.1. The molecule has 2 aromatic heterocycles. The predicted molar refractivity (Wildman–Crippen MR) is 151 cm³/mol. The molecular formula is C29H35N7O. The quantitative estimate of drug-likeness (QED) is 0.502. The van der Waals surface area contributed by atoms with Gasteiger partial charge in [0, 0.05) is 49.9 Å². The summed E-state index contributed by atoms with van der Waals surface area (Å²) in [5.74, 6) is 1.73. The number of hydrogen-bond acceptors (Lipinski definition) is 6. The highest BCUT2D eigenvalue weighted by Crippen LogP contribution is 2.35. The molecule has 3 aromatic rings. The van der Waals surface area contributed by atoms with E-state index in [9.17, 15) is 4.79 Å². The van der Waals surface area contributed by atoms with Crippen molar-refractivity contribution < 1.29 is 4.79 Å². The van der Waals surface area contributed by atoms with E-state index in [2.05, 4.69) is 41.7 Å². The number of fused-ring (bicyclic) bond motifs is 2. The molecule has 2 aliphatic rings. The van der Waals surface area contributed by atoms with Crippen molar-refractivity contribution >= 4 is 40.7 Å². The molecule has 0 radical (unpaired) electrons. The molecule has 8 nitrogen and oxygen atoms in total. The SMILES string of the molecule is C=C(C=N/C(=C\CC)c1ccccc1)c1cnn2c(N)c3c(nc12)N(C1CCN(C(C)=O)CC1)CCC3. The van der Waals surface area contributed by atoms with Crippen LogP contribution in [0.15, 0.2) is 54.2 Å². The third kappa shape index (κ3) is 4.88. The Morgan fingerprint density at radius 2 is 1.97 bits per heavy atom. The topological polar surface area (TPSA) is 92.1 Å². The van der Waals surface area contributed by atoms with Crippen molar-refractivity contribution in [1.82, 2.24) is 19.5 Å². The lowest BCUT2D eigenvalue weighted by molar-refractivity contribution is -0.129. The van der Waals surface area contributed by atoms with E-state index < -0.39 is 0 Å². The van der Waals surface area contributed by atoms with Crippen molar-refractivity contribution in [2.24, 2.45) is 4.99 Å². The summed E-state index contributed by atoms with van der Waals surface area (Å²) in [6.07, 6.45) is 10.3. The third-order valence-corrected chi connectivity index (χ3v) is 7.38. The molecule has 1 amide bonds. The summed E-state index contributed by atoms with van der Waals surface area (Å²) in [4.78, 5) is 26.0. The molecule has 192 valence electrons. The van der Waals surface area contributed by atoms with Gasteiger partial charge in [-0.15, -0.1) is 0 Å². The van der Waals surface area contributed by atoms with Gasteiger partial charge in [-0.2, -0.15) is 9.61 Å². The number of aliphatic imine (C=N–C) groups is 1. The van der Waals surface area contributed by atoms with Crippen LogP contribution in [0.25, 0.3) is 16.9 Å². The smallest absolute Gasteiger partial charge is 0.219 e. The van der Waals surface area contributed by atoms with Crippen molar-refractivity contribution in [1.29, 1.82) is 0 Å². The van der Waals surface area contributed by atoms with Crippen LogP contribution in [-0.4, -0.2) is 57.3 Å². The highest BCUT2D eigenvalue weighted by molar-refractivity contribution is 6.12. The fourth-order valence-electron chi connectivity index (χ4n) is 5.38. The highest BCUT2D eigenvalue weighted by atomic mass is 16.2. The van der Waals surface area contributed by atoms with Crippen LogP contribution in [0.4, 0.5) is 11.6 Å². The molecule has 1 saturated heterocycles. The number of carbonyl (C=O) groups excluding carboxylic acids is 1. The van der Waals surface area contributed by atoms with Crippen LogP contribution in [0.1, 0.15) is 56.2 Å². The number of allylic oxidation sites excluding steroid dienone is 2. The summed E-state index contributed by atoms with van der Waals surface area (Å²) in [5, 5.41) is 4.57. The summed E-state index contributed by atoms with van der Waals surface area (Å²) >= 11 is 0. The average Bonchev–Trinajstić information content (AvgIpc) is 3.36. The predicted octanol–water partition coefficient (Wildman–Crippen LogP) is 4.61. The molecule has 2 aliphatic heterocycles. The maximum atomic E-state index is 11.8. The zero-order chi connectivity index (χ0) is 25.9. The second-order valence-corrected chi connectivity index (χ2v) is 9.77. The maximum absolute atomic E-state index is 11.8. The number of carbonyl (C=O) groups is 1. The Balaban J connectivity index is 1.46. The number of anilines is 2. The van der Waals surface area contributed by atoms with Crippen molar-refractivity contribution in [3.05, 3.63) is 65.9 Å². The lowest BCUT2D eigenvalue weighted by Crippen LogP contribution is -2.48. The molecule has 0 atom stereocenters. The molecular weight excluding hydrogens is 462 g/mol. The van der Waals surface area contributed by atoms with E-state index in [4.69, 9.17) is 15.7 Å². The first-order chi connectivity index (χ1) is 18.0. The Morgan fingerprint density at radius 3 is 2.68 bits per heavy atom. The number of likely N-dealkylation sites (tertiary alicyclic amines) is 1. The fourth-order valence-corrected chi connectivity index (χ4v) is 5.38. The van der Waals surface area contributed by atoms with Gasteiger partial charge in [0.15, 0.2) is 5.65 Å². The molecule has 2 N–H and O–H groups in total. The first-order valence-corrected chi connectivity index (χ1v) is 13.1. The van der Waals surface area contributed by atoms with Crippen LogP contribution in [0.2, 0.25) is 0 Å². The van der Waals surface area contributed by atoms with Crippen molar-refractivity contribution in [2.45, 2.75) is 52.0 Å². The maximum Gasteiger partial charge on any atom is 0.219 e. The van der Waals surface area contributed by atoms with Crippen LogP contribution >= 0.6 is 0 Å². The molecule has 0 aliphatic carbocycles. The minimum absolute atomic E-state index is 0.148. The standard InChI is InChI=1S/C29H35N7O/c1-4-9-26(22-10-6-5-7-11-22)31-18-20(2)25-19-32-36-27(30)24-12-8-15-35(28(24)33-29(25)36)23-13-16-34(17-14-23)21(3)37/h5-7,9-11,18-19,23H,2,4,8,12-17,30H2,1,3H3/b26-9-,31-18?. The third-order valence-electron chi connectivity index (χ3n) is 7.38. The minimum Gasteiger partial charge on any atom is -0.383 e. The van der Waals surface area contributed by atoms with Crippen LogP contribution in [0, 0.1) is 0 Å². The van der Waals surface area contributed by atoms with E-state index in [1.165, 1.54) is 0 Å². The molecule has 1 fully saturated rings. The van der Waals surface area contributed by atoms with Gasteiger partial charge in [0.05, 0.1) is 11.9 Å². The molecule has 1 aromatic carbocycles. The van der Waals surface area contributed by atoms with Crippen molar-refractivity contribution in [3.8, 4) is 0 Å². The number of rotatable bonds is 6. The number of hydrogen-bond donors (Lipinski definition) is 1. The number of aromatic nitrogens is 3. The molecule has 37 heavy (non-hydrogen) atoms. The van der Waals surface area contributed by atoms with E-state index in [1.807, 2.05) is 23.1 Å². The summed E-state index contributed by atoms with van der Waals surface area (Å²) in [6, 6.07) is 10.5. The zero-order valence-electron chi connectivity index (χ0n) is 21.7. The van der Waals surface area contributed by atoms with Crippen LogP contribution in [0.5, 0.6) is 0 Å². The minimum atomic E-state index is 0.148. The zero-order valence-corrected chi connectivity index (χ0v) is 21.7. The molecule has 0 bridgehead atoms. The molecule has 0 saturated carbocycles. The van der Waals surface area contributed by atoms with Gasteiger partial charge >= 0.3 is 0 Å². The van der Waals surface area contributed by atoms with Gasteiger partial charge in [-0.3, -0.25) is 9.79 Å². The molecule has 8 heteroatoms. The fraction of sp³-hybridized carbons (Fsp3) is 0.379. The average molecular weight is 498 g/mol. The van der Waals surface area contributed by atoms with Crippen molar-refractivity contribution in [2.75, 3.05) is 30.3 Å². The second-order valence-electron chi connectivity index (χ2n) is 9.77. The summed E-state index contributed by atoms with van der Waals surface area (Å²) < 4.78 is 1.73. The monoisotopic (exact) mass is 497 g/mol. The van der Waals surface area contributed by atoms with Gasteiger partial charge in [0.2, 0.25) is 5.91 Å². The van der Waals surface area contributed by atoms with Crippen molar-refractivity contribution in [3.63, 3.8) is 0 Å². The van der Waals surface area contributed by atoms with Gasteiger partial charge < -0.3 is 15.5 Å². The lowest BCUT2D eigenvalue weighted by Gasteiger charge is -2.41. The number of amides is 1. The first kappa shape index (κ1) is 24.7. The molecule has 4 heterocycles. The molecule has 5 rings (SSSR count). The Morgan fingerprint density at radius 1 is 1.22 bits per heavy atom. The van der Waals surface area contributed by atoms with E-state index in [0.717, 1.165) is 85.5 Å². The molecule has 0 spiro atoms. The summed E-state index contributed by atoms with van der Waals surface area (Å²) in [6.45, 7) is 10.5. The largest absolute Gasteiger partial charge is 0.383 e. The Kier molecular flexibility index (Phi) is 7.08. The number of piperidine rings is 1. The van der Waals surface area contributed by atoms with E-state index >= 15 is 0 Å². The number of nitrogen functional groups attached to an aromatic ring is 1. The van der Waals surface area contributed by atoms with Crippen LogP contribution in [-0.2, 0) is 11.2 Å². The van der Waals surface area contributed by atoms with Gasteiger partial charge in [-0.1, -0.05) is 49.9 Å². The van der Waals surface area contributed by atoms with Gasteiger partial charge in [0.25, 0.3) is 0 Å². The molecule has 0 unspecified atom stereocenters. The van der Waals surface area contributed by atoms with E-state index in [-0.39, 0.29) is 5.91 Å². The van der Waals surface area contributed by atoms with Crippen LogP contribution < -0.4 is 10.6 Å². The Labute approximate surface area is 218 Å². The van der Waals surface area contributed by atoms with Crippen LogP contribution in [0.3, 0.4) is 0 Å². The van der Waals surface area contributed by atoms with Gasteiger partial charge in [-0.05, 0) is 43.2 Å².